The zero-order valence-electron chi connectivity index (χ0n) is 17.3. The summed E-state index contributed by atoms with van der Waals surface area (Å²) in [5.74, 6) is -0.806. The number of hydrogen-bond acceptors (Lipinski definition) is 7. The van der Waals surface area contributed by atoms with Crippen LogP contribution in [0.1, 0.15) is 29.6 Å². The van der Waals surface area contributed by atoms with Gasteiger partial charge in [0.1, 0.15) is 0 Å². The third-order valence-electron chi connectivity index (χ3n) is 5.14. The average molecular weight is 421 g/mol. The van der Waals surface area contributed by atoms with Crippen LogP contribution in [0.15, 0.2) is 54.7 Å². The van der Waals surface area contributed by atoms with Crippen LogP contribution in [0.25, 0.3) is 0 Å². The zero-order valence-corrected chi connectivity index (χ0v) is 17.3. The van der Waals surface area contributed by atoms with Crippen molar-refractivity contribution < 1.29 is 13.9 Å². The van der Waals surface area contributed by atoms with Gasteiger partial charge in [-0.3, -0.25) is 0 Å². The lowest BCUT2D eigenvalue weighted by Gasteiger charge is -2.28. The van der Waals surface area contributed by atoms with Crippen LogP contribution < -0.4 is 15.5 Å². The number of rotatable bonds is 6. The lowest BCUT2D eigenvalue weighted by molar-refractivity contribution is 0.0601. The monoisotopic (exact) mass is 421 g/mol. The highest BCUT2D eigenvalue weighted by atomic mass is 19.1. The average Bonchev–Trinajstić information content (AvgIpc) is 2.82. The van der Waals surface area contributed by atoms with Gasteiger partial charge in [0.05, 0.1) is 18.9 Å². The zero-order chi connectivity index (χ0) is 21.6. The van der Waals surface area contributed by atoms with E-state index in [1.807, 2.05) is 12.1 Å². The first-order chi connectivity index (χ1) is 15.1. The molecule has 31 heavy (non-hydrogen) atoms. The first kappa shape index (κ1) is 20.6. The van der Waals surface area contributed by atoms with Gasteiger partial charge in [-0.15, -0.1) is 0 Å². The molecule has 0 amide bonds. The van der Waals surface area contributed by atoms with Crippen LogP contribution in [0.2, 0.25) is 0 Å². The van der Waals surface area contributed by atoms with Crippen LogP contribution in [-0.2, 0) is 4.74 Å². The first-order valence-corrected chi connectivity index (χ1v) is 10.2. The summed E-state index contributed by atoms with van der Waals surface area (Å²) in [6, 6.07) is 14.6. The largest absolute Gasteiger partial charge is 0.465 e. The van der Waals surface area contributed by atoms with E-state index >= 15 is 0 Å². The van der Waals surface area contributed by atoms with E-state index in [0.29, 0.717) is 11.3 Å². The molecule has 8 heteroatoms. The second-order valence-electron chi connectivity index (χ2n) is 7.31. The molecular weight excluding hydrogens is 397 g/mol. The molecule has 7 nitrogen and oxygen atoms in total. The van der Waals surface area contributed by atoms with Crippen molar-refractivity contribution in [1.29, 1.82) is 0 Å². The predicted octanol–water partition coefficient (Wildman–Crippen LogP) is 4.88. The van der Waals surface area contributed by atoms with Gasteiger partial charge >= 0.3 is 5.97 Å². The minimum Gasteiger partial charge on any atom is -0.465 e. The quantitative estimate of drug-likeness (QED) is 0.549. The summed E-state index contributed by atoms with van der Waals surface area (Å²) in [6.07, 6.45) is 4.84. The van der Waals surface area contributed by atoms with Gasteiger partial charge in [-0.1, -0.05) is 6.07 Å². The van der Waals surface area contributed by atoms with Crippen molar-refractivity contribution in [1.82, 2.24) is 9.97 Å². The highest BCUT2D eigenvalue weighted by Crippen LogP contribution is 2.24. The fraction of sp³-hybridized carbons (Fsp3) is 0.261. The van der Waals surface area contributed by atoms with E-state index < -0.39 is 11.8 Å². The van der Waals surface area contributed by atoms with Gasteiger partial charge in [0, 0.05) is 30.2 Å². The summed E-state index contributed by atoms with van der Waals surface area (Å²) >= 11 is 0. The van der Waals surface area contributed by atoms with Crippen molar-refractivity contribution in [3.63, 3.8) is 0 Å². The lowest BCUT2D eigenvalue weighted by atomic mass is 10.1. The number of nitrogens with one attached hydrogen (secondary N) is 2. The van der Waals surface area contributed by atoms with Crippen molar-refractivity contribution in [2.45, 2.75) is 19.3 Å². The van der Waals surface area contributed by atoms with Gasteiger partial charge in [0.15, 0.2) is 11.6 Å². The maximum atomic E-state index is 14.3. The summed E-state index contributed by atoms with van der Waals surface area (Å²) in [4.78, 5) is 22.3. The van der Waals surface area contributed by atoms with E-state index in [1.54, 1.807) is 24.3 Å². The van der Waals surface area contributed by atoms with Gasteiger partial charge in [0.25, 0.3) is 0 Å². The maximum Gasteiger partial charge on any atom is 0.337 e. The number of carbonyl (C=O) groups is 1. The van der Waals surface area contributed by atoms with E-state index in [4.69, 9.17) is 4.74 Å². The summed E-state index contributed by atoms with van der Waals surface area (Å²) < 4.78 is 19.0. The van der Waals surface area contributed by atoms with Gasteiger partial charge < -0.3 is 20.3 Å². The van der Waals surface area contributed by atoms with Crippen LogP contribution >= 0.6 is 0 Å². The number of anilines is 5. The summed E-state index contributed by atoms with van der Waals surface area (Å²) in [6.45, 7) is 2.17. The molecule has 0 radical (unpaired) electrons. The predicted molar refractivity (Wildman–Crippen MR) is 119 cm³/mol. The Hall–Kier alpha value is -3.68. The maximum absolute atomic E-state index is 14.3. The Morgan fingerprint density at radius 2 is 1.81 bits per heavy atom. The van der Waals surface area contributed by atoms with E-state index in [9.17, 15) is 9.18 Å². The molecule has 3 aromatic rings. The molecule has 160 valence electrons. The molecule has 0 spiro atoms. The Kier molecular flexibility index (Phi) is 6.26. The summed E-state index contributed by atoms with van der Waals surface area (Å²) in [7, 11) is 1.31. The number of piperidine rings is 1. The number of carbonyl (C=O) groups excluding carboxylic acids is 1. The fourth-order valence-corrected chi connectivity index (χ4v) is 3.53. The topological polar surface area (TPSA) is 79.4 Å². The second kappa shape index (κ2) is 9.42. The van der Waals surface area contributed by atoms with Crippen LogP contribution in [-0.4, -0.2) is 36.1 Å². The van der Waals surface area contributed by atoms with E-state index in [1.165, 1.54) is 32.1 Å². The Morgan fingerprint density at radius 3 is 2.55 bits per heavy atom. The van der Waals surface area contributed by atoms with E-state index in [0.717, 1.165) is 25.0 Å². The number of methoxy groups -OCH3 is 1. The number of ether oxygens (including phenoxy) is 1. The Bertz CT molecular complexity index is 1050. The first-order valence-electron chi connectivity index (χ1n) is 10.2. The van der Waals surface area contributed by atoms with Crippen LogP contribution in [0, 0.1) is 5.82 Å². The molecule has 0 saturated carbocycles. The van der Waals surface area contributed by atoms with Crippen LogP contribution in [0.5, 0.6) is 0 Å². The molecule has 0 atom stereocenters. The van der Waals surface area contributed by atoms with Crippen molar-refractivity contribution in [3.05, 3.63) is 66.1 Å². The summed E-state index contributed by atoms with van der Waals surface area (Å²) in [5, 5.41) is 5.99. The molecule has 0 unspecified atom stereocenters. The van der Waals surface area contributed by atoms with Crippen molar-refractivity contribution in [3.8, 4) is 0 Å². The normalized spacial score (nSPS) is 13.5. The molecule has 1 aliphatic rings. The minimum absolute atomic E-state index is 0.00412. The van der Waals surface area contributed by atoms with Crippen molar-refractivity contribution in [2.75, 3.05) is 35.7 Å². The molecule has 2 N–H and O–H groups in total. The third kappa shape index (κ3) is 5.09. The van der Waals surface area contributed by atoms with Crippen LogP contribution in [0.3, 0.4) is 0 Å². The van der Waals surface area contributed by atoms with Gasteiger partial charge in [0.2, 0.25) is 5.95 Å². The molecule has 0 bridgehead atoms. The standard InChI is InChI=1S/C23H24FN5O2/c1-31-22(30)16-6-5-7-18(14-16)26-21-20(24)15-25-23(28-21)27-17-8-10-19(11-9-17)29-12-3-2-4-13-29/h5-11,14-15H,2-4,12-13H2,1H3,(H2,25,26,27,28). The molecule has 1 saturated heterocycles. The van der Waals surface area contributed by atoms with Crippen molar-refractivity contribution >= 4 is 34.8 Å². The van der Waals surface area contributed by atoms with E-state index in [-0.39, 0.29) is 11.8 Å². The summed E-state index contributed by atoms with van der Waals surface area (Å²) in [5.41, 5.74) is 2.87. The highest BCUT2D eigenvalue weighted by Gasteiger charge is 2.12. The number of hydrogen-bond donors (Lipinski definition) is 2. The molecule has 1 aromatic heterocycles. The third-order valence-corrected chi connectivity index (χ3v) is 5.14. The van der Waals surface area contributed by atoms with E-state index in [2.05, 4.69) is 37.6 Å². The molecule has 0 aliphatic carbocycles. The Labute approximate surface area is 180 Å². The SMILES string of the molecule is COC(=O)c1cccc(Nc2nc(Nc3ccc(N4CCCCC4)cc3)ncc2F)c1. The number of aromatic nitrogens is 2. The lowest BCUT2D eigenvalue weighted by Crippen LogP contribution is -2.29. The Balaban J connectivity index is 1.47. The fourth-order valence-electron chi connectivity index (χ4n) is 3.53. The highest BCUT2D eigenvalue weighted by molar-refractivity contribution is 5.90. The van der Waals surface area contributed by atoms with Gasteiger partial charge in [-0.25, -0.2) is 14.2 Å². The molecule has 4 rings (SSSR count). The number of esters is 1. The molecular formula is C23H24FN5O2. The second-order valence-corrected chi connectivity index (χ2v) is 7.31. The van der Waals surface area contributed by atoms with Gasteiger partial charge in [-0.05, 0) is 61.7 Å². The molecule has 2 aromatic carbocycles. The smallest absolute Gasteiger partial charge is 0.337 e. The molecule has 1 aliphatic heterocycles. The molecule has 1 fully saturated rings. The molecule has 2 heterocycles. The van der Waals surface area contributed by atoms with Crippen LogP contribution in [0.4, 0.5) is 33.2 Å². The minimum atomic E-state index is -0.602. The Morgan fingerprint density at radius 1 is 1.03 bits per heavy atom. The van der Waals surface area contributed by atoms with Crippen molar-refractivity contribution in [2.24, 2.45) is 0 Å². The number of nitrogens with zero attached hydrogens (tertiary/aromatic N) is 3. The van der Waals surface area contributed by atoms with Gasteiger partial charge in [-0.2, -0.15) is 4.98 Å². The number of halogens is 1. The number of benzene rings is 2.